The van der Waals surface area contributed by atoms with Crippen molar-refractivity contribution in [2.24, 2.45) is 4.99 Å². The second-order valence-electron chi connectivity index (χ2n) is 6.98. The number of hydrogen-bond acceptors (Lipinski definition) is 4. The first-order chi connectivity index (χ1) is 13.8. The average Bonchev–Trinajstić information content (AvgIpc) is 3.28. The fourth-order valence-electron chi connectivity index (χ4n) is 3.61. The van der Waals surface area contributed by atoms with Gasteiger partial charge in [0.05, 0.1) is 13.2 Å². The van der Waals surface area contributed by atoms with Crippen molar-refractivity contribution >= 4 is 5.96 Å². The highest BCUT2D eigenvalue weighted by Crippen LogP contribution is 2.26. The fraction of sp³-hybridized carbons (Fsp3) is 0.455. The molecule has 2 N–H and O–H groups in total. The van der Waals surface area contributed by atoms with E-state index in [2.05, 4.69) is 37.6 Å². The van der Waals surface area contributed by atoms with E-state index in [9.17, 15) is 0 Å². The first-order valence-electron chi connectivity index (χ1n) is 10.0. The Bertz CT molecular complexity index is 726. The van der Waals surface area contributed by atoms with Crippen LogP contribution in [0.2, 0.25) is 0 Å². The van der Waals surface area contributed by atoms with Gasteiger partial charge in [0.1, 0.15) is 5.75 Å². The van der Waals surface area contributed by atoms with E-state index < -0.39 is 0 Å². The first kappa shape index (κ1) is 20.1. The molecule has 0 spiro atoms. The lowest BCUT2D eigenvalue weighted by atomic mass is 10.1. The largest absolute Gasteiger partial charge is 0.497 e. The second-order valence-corrected chi connectivity index (χ2v) is 6.98. The van der Waals surface area contributed by atoms with Crippen LogP contribution in [0.15, 0.2) is 53.7 Å². The second kappa shape index (κ2) is 10.7. The van der Waals surface area contributed by atoms with Crippen LogP contribution in [0.5, 0.6) is 5.75 Å². The predicted octanol–water partition coefficient (Wildman–Crippen LogP) is 2.63. The Hall–Kier alpha value is -2.60. The number of methoxy groups -OCH3 is 1. The van der Waals surface area contributed by atoms with Crippen molar-refractivity contribution in [3.8, 4) is 5.75 Å². The van der Waals surface area contributed by atoms with Crippen molar-refractivity contribution in [1.82, 2.24) is 20.5 Å². The van der Waals surface area contributed by atoms with Crippen LogP contribution in [0.25, 0.3) is 0 Å². The zero-order valence-corrected chi connectivity index (χ0v) is 16.9. The highest BCUT2D eigenvalue weighted by Gasteiger charge is 2.23. The van der Waals surface area contributed by atoms with Gasteiger partial charge in [-0.1, -0.05) is 18.2 Å². The van der Waals surface area contributed by atoms with Crippen molar-refractivity contribution < 1.29 is 4.74 Å². The van der Waals surface area contributed by atoms with E-state index in [1.165, 1.54) is 18.4 Å². The third-order valence-electron chi connectivity index (χ3n) is 5.17. The third-order valence-corrected chi connectivity index (χ3v) is 5.17. The molecule has 0 aliphatic carbocycles. The van der Waals surface area contributed by atoms with E-state index >= 15 is 0 Å². The number of benzene rings is 1. The smallest absolute Gasteiger partial charge is 0.191 e. The highest BCUT2D eigenvalue weighted by atomic mass is 16.5. The number of hydrogen-bond donors (Lipinski definition) is 2. The molecule has 1 unspecified atom stereocenters. The van der Waals surface area contributed by atoms with Gasteiger partial charge in [0.15, 0.2) is 5.96 Å². The summed E-state index contributed by atoms with van der Waals surface area (Å²) in [5, 5.41) is 6.90. The van der Waals surface area contributed by atoms with Gasteiger partial charge >= 0.3 is 0 Å². The summed E-state index contributed by atoms with van der Waals surface area (Å²) in [6, 6.07) is 14.7. The maximum Gasteiger partial charge on any atom is 0.191 e. The van der Waals surface area contributed by atoms with Crippen LogP contribution in [-0.2, 0) is 6.42 Å². The van der Waals surface area contributed by atoms with Crippen LogP contribution in [0.3, 0.4) is 0 Å². The van der Waals surface area contributed by atoms with Crippen molar-refractivity contribution in [3.63, 3.8) is 0 Å². The molecular weight excluding hydrogens is 350 g/mol. The lowest BCUT2D eigenvalue weighted by Crippen LogP contribution is -2.43. The molecule has 0 saturated carbocycles. The Morgan fingerprint density at radius 3 is 2.57 bits per heavy atom. The third kappa shape index (κ3) is 5.70. The first-order valence-corrected chi connectivity index (χ1v) is 10.0. The minimum Gasteiger partial charge on any atom is -0.497 e. The van der Waals surface area contributed by atoms with Gasteiger partial charge in [0.25, 0.3) is 0 Å². The normalized spacial score (nSPS) is 16.0. The molecule has 1 aliphatic rings. The number of aliphatic imine (C=N–C) groups is 1. The maximum atomic E-state index is 5.31. The molecule has 1 fully saturated rings. The molecule has 6 nitrogen and oxygen atoms in total. The molecule has 0 amide bonds. The Morgan fingerprint density at radius 2 is 1.93 bits per heavy atom. The zero-order chi connectivity index (χ0) is 19.6. The Kier molecular flexibility index (Phi) is 7.67. The molecule has 1 aliphatic heterocycles. The van der Waals surface area contributed by atoms with Crippen LogP contribution in [0, 0.1) is 0 Å². The molecule has 0 bridgehead atoms. The summed E-state index contributed by atoms with van der Waals surface area (Å²) in [6.07, 6.45) is 5.24. The average molecular weight is 382 g/mol. The highest BCUT2D eigenvalue weighted by molar-refractivity contribution is 5.79. The molecule has 3 rings (SSSR count). The minimum absolute atomic E-state index is 0.322. The summed E-state index contributed by atoms with van der Waals surface area (Å²) in [4.78, 5) is 11.3. The van der Waals surface area contributed by atoms with Gasteiger partial charge in [-0.15, -0.1) is 0 Å². The van der Waals surface area contributed by atoms with E-state index in [1.54, 1.807) is 7.11 Å². The fourth-order valence-corrected chi connectivity index (χ4v) is 3.61. The molecule has 1 aromatic carbocycles. The summed E-state index contributed by atoms with van der Waals surface area (Å²) < 4.78 is 5.31. The molecule has 1 saturated heterocycles. The van der Waals surface area contributed by atoms with E-state index in [1.807, 2.05) is 43.6 Å². The van der Waals surface area contributed by atoms with E-state index in [-0.39, 0.29) is 0 Å². The SMILES string of the molecule is CN=C(NCCc1ccccn1)NCC(c1ccc(OC)cc1)N1CCCC1. The standard InChI is InChI=1S/C22H31N5O/c1-23-22(25-14-12-19-7-3-4-13-24-19)26-17-21(27-15-5-6-16-27)18-8-10-20(28-2)11-9-18/h3-4,7-11,13,21H,5-6,12,14-17H2,1-2H3,(H2,23,25,26). The van der Waals surface area contributed by atoms with Crippen LogP contribution in [-0.4, -0.2) is 56.2 Å². The van der Waals surface area contributed by atoms with Crippen molar-refractivity contribution in [3.05, 3.63) is 59.9 Å². The van der Waals surface area contributed by atoms with Gasteiger partial charge in [-0.3, -0.25) is 14.9 Å². The number of aromatic nitrogens is 1. The summed E-state index contributed by atoms with van der Waals surface area (Å²) in [6.45, 7) is 3.90. The lowest BCUT2D eigenvalue weighted by Gasteiger charge is -2.29. The molecule has 150 valence electrons. The van der Waals surface area contributed by atoms with Crippen LogP contribution in [0.4, 0.5) is 0 Å². The number of nitrogens with zero attached hydrogens (tertiary/aromatic N) is 3. The van der Waals surface area contributed by atoms with Crippen LogP contribution < -0.4 is 15.4 Å². The van der Waals surface area contributed by atoms with E-state index in [0.29, 0.717) is 6.04 Å². The van der Waals surface area contributed by atoms with Gasteiger partial charge < -0.3 is 15.4 Å². The van der Waals surface area contributed by atoms with Crippen molar-refractivity contribution in [1.29, 1.82) is 0 Å². The maximum absolute atomic E-state index is 5.31. The summed E-state index contributed by atoms with van der Waals surface area (Å²) in [7, 11) is 3.52. The van der Waals surface area contributed by atoms with E-state index in [4.69, 9.17) is 4.74 Å². The summed E-state index contributed by atoms with van der Waals surface area (Å²) in [5.74, 6) is 1.72. The number of rotatable bonds is 8. The number of pyridine rings is 1. The number of ether oxygens (including phenoxy) is 1. The van der Waals surface area contributed by atoms with E-state index in [0.717, 1.165) is 50.0 Å². The minimum atomic E-state index is 0.322. The lowest BCUT2D eigenvalue weighted by molar-refractivity contribution is 0.245. The Labute approximate surface area is 168 Å². The number of guanidine groups is 1. The van der Waals surface area contributed by atoms with Crippen molar-refractivity contribution in [2.45, 2.75) is 25.3 Å². The quantitative estimate of drug-likeness (QED) is 0.544. The zero-order valence-electron chi connectivity index (χ0n) is 16.9. The monoisotopic (exact) mass is 381 g/mol. The Morgan fingerprint density at radius 1 is 1.14 bits per heavy atom. The molecule has 2 heterocycles. The number of nitrogens with one attached hydrogen (secondary N) is 2. The topological polar surface area (TPSA) is 61.8 Å². The van der Waals surface area contributed by atoms with Gasteiger partial charge in [-0.25, -0.2) is 0 Å². The molecular formula is C22H31N5O. The Balaban J connectivity index is 1.56. The van der Waals surface area contributed by atoms with Crippen molar-refractivity contribution in [2.75, 3.05) is 40.3 Å². The summed E-state index contributed by atoms with van der Waals surface area (Å²) in [5.41, 5.74) is 2.39. The molecule has 2 aromatic rings. The van der Waals surface area contributed by atoms with Gasteiger partial charge in [0.2, 0.25) is 0 Å². The van der Waals surface area contributed by atoms with Crippen LogP contribution >= 0.6 is 0 Å². The van der Waals surface area contributed by atoms with Gasteiger partial charge in [-0.05, 0) is 55.8 Å². The summed E-state index contributed by atoms with van der Waals surface area (Å²) >= 11 is 0. The molecule has 0 radical (unpaired) electrons. The van der Waals surface area contributed by atoms with Gasteiger partial charge in [-0.2, -0.15) is 0 Å². The molecule has 1 aromatic heterocycles. The number of likely N-dealkylation sites (tertiary alicyclic amines) is 1. The van der Waals surface area contributed by atoms with Gasteiger partial charge in [0, 0.05) is 38.4 Å². The molecule has 28 heavy (non-hydrogen) atoms. The molecule has 1 atom stereocenters. The van der Waals surface area contributed by atoms with Crippen LogP contribution in [0.1, 0.15) is 30.1 Å². The predicted molar refractivity (Wildman–Crippen MR) is 114 cm³/mol. The molecule has 6 heteroatoms.